The van der Waals surface area contributed by atoms with Crippen LogP contribution in [0.1, 0.15) is 0 Å². The van der Waals surface area contributed by atoms with Gasteiger partial charge in [0.25, 0.3) is 0 Å². The van der Waals surface area contributed by atoms with Crippen molar-refractivity contribution in [3.8, 4) is 67.3 Å². The van der Waals surface area contributed by atoms with Crippen LogP contribution in [0.15, 0.2) is 194 Å². The maximum Gasteiger partial charge on any atom is 0.160 e. The van der Waals surface area contributed by atoms with Crippen molar-refractivity contribution in [1.29, 1.82) is 0 Å². The number of nitrogens with zero attached hydrogens (tertiary/aromatic N) is 2. The van der Waals surface area contributed by atoms with E-state index in [0.717, 1.165) is 44.8 Å². The molecule has 0 fully saturated rings. The first-order valence-corrected chi connectivity index (χ1v) is 18.7. The van der Waals surface area contributed by atoms with Crippen LogP contribution >= 0.6 is 11.3 Å². The van der Waals surface area contributed by atoms with Crippen LogP contribution in [0.5, 0.6) is 0 Å². The molecular formula is C50H32N2S. The molecule has 0 aliphatic rings. The highest BCUT2D eigenvalue weighted by molar-refractivity contribution is 7.25. The molecule has 0 N–H and O–H groups in total. The Labute approximate surface area is 312 Å². The molecule has 0 saturated carbocycles. The largest absolute Gasteiger partial charge is 0.228 e. The van der Waals surface area contributed by atoms with Crippen LogP contribution in [0, 0.1) is 0 Å². The summed E-state index contributed by atoms with van der Waals surface area (Å²) in [6, 6.07) is 69.3. The summed E-state index contributed by atoms with van der Waals surface area (Å²) in [5, 5.41) is 5.03. The Balaban J connectivity index is 1.20. The Hall–Kier alpha value is -6.68. The third-order valence-corrected chi connectivity index (χ3v) is 11.2. The van der Waals surface area contributed by atoms with Crippen LogP contribution in [0.25, 0.3) is 98.2 Å². The average Bonchev–Trinajstić information content (AvgIpc) is 3.62. The highest BCUT2D eigenvalue weighted by Crippen LogP contribution is 2.40. The van der Waals surface area contributed by atoms with Gasteiger partial charge in [-0.25, -0.2) is 9.97 Å². The molecule has 3 heteroatoms. The number of rotatable bonds is 6. The zero-order chi connectivity index (χ0) is 35.1. The van der Waals surface area contributed by atoms with Crippen LogP contribution in [0.2, 0.25) is 0 Å². The minimum atomic E-state index is 0.700. The summed E-state index contributed by atoms with van der Waals surface area (Å²) >= 11 is 1.85. The quantitative estimate of drug-likeness (QED) is 0.173. The third-order valence-electron chi connectivity index (χ3n) is 10.1. The molecule has 10 rings (SSSR count). The second-order valence-corrected chi connectivity index (χ2v) is 14.5. The summed E-state index contributed by atoms with van der Waals surface area (Å²) in [6.07, 6.45) is 0. The summed E-state index contributed by atoms with van der Waals surface area (Å²) in [5.74, 6) is 0.700. The van der Waals surface area contributed by atoms with Gasteiger partial charge in [-0.2, -0.15) is 0 Å². The molecule has 53 heavy (non-hydrogen) atoms. The highest BCUT2D eigenvalue weighted by Gasteiger charge is 2.16. The van der Waals surface area contributed by atoms with Crippen LogP contribution in [-0.4, -0.2) is 9.97 Å². The van der Waals surface area contributed by atoms with Crippen molar-refractivity contribution in [3.63, 3.8) is 0 Å². The average molecular weight is 693 g/mol. The molecule has 0 aliphatic heterocycles. The number of fused-ring (bicyclic) bond motifs is 4. The second kappa shape index (κ2) is 13.1. The zero-order valence-electron chi connectivity index (χ0n) is 28.8. The molecule has 2 heterocycles. The van der Waals surface area contributed by atoms with Crippen molar-refractivity contribution in [1.82, 2.24) is 9.97 Å². The Morgan fingerprint density at radius 1 is 0.302 bits per heavy atom. The number of aromatic nitrogens is 2. The molecule has 0 unspecified atom stereocenters. The lowest BCUT2D eigenvalue weighted by Gasteiger charge is -2.15. The van der Waals surface area contributed by atoms with E-state index in [2.05, 4.69) is 176 Å². The molecule has 0 bridgehead atoms. The number of thiophene rings is 1. The lowest BCUT2D eigenvalue weighted by molar-refractivity contribution is 1.18. The lowest BCUT2D eigenvalue weighted by Crippen LogP contribution is -1.97. The maximum absolute atomic E-state index is 5.29. The van der Waals surface area contributed by atoms with E-state index in [4.69, 9.17) is 9.97 Å². The molecule has 0 atom stereocenters. The maximum atomic E-state index is 5.29. The number of hydrogen-bond donors (Lipinski definition) is 0. The van der Waals surface area contributed by atoms with Gasteiger partial charge in [-0.3, -0.25) is 0 Å². The molecule has 0 radical (unpaired) electrons. The molecular weight excluding hydrogens is 661 g/mol. The van der Waals surface area contributed by atoms with Crippen LogP contribution in [0.4, 0.5) is 0 Å². The Kier molecular flexibility index (Phi) is 7.71. The van der Waals surface area contributed by atoms with Crippen molar-refractivity contribution in [2.45, 2.75) is 0 Å². The second-order valence-electron chi connectivity index (χ2n) is 13.4. The Morgan fingerprint density at radius 2 is 0.868 bits per heavy atom. The van der Waals surface area contributed by atoms with E-state index >= 15 is 0 Å². The van der Waals surface area contributed by atoms with E-state index < -0.39 is 0 Å². The normalized spacial score (nSPS) is 11.4. The van der Waals surface area contributed by atoms with Crippen molar-refractivity contribution >= 4 is 42.3 Å². The number of benzene rings is 8. The first-order chi connectivity index (χ1) is 26.2. The third kappa shape index (κ3) is 5.87. The fourth-order valence-electron chi connectivity index (χ4n) is 7.43. The van der Waals surface area contributed by atoms with Gasteiger partial charge < -0.3 is 0 Å². The Bertz CT molecular complexity index is 2940. The predicted molar refractivity (Wildman–Crippen MR) is 225 cm³/mol. The van der Waals surface area contributed by atoms with Gasteiger partial charge in [0, 0.05) is 36.9 Å². The van der Waals surface area contributed by atoms with Gasteiger partial charge in [-0.1, -0.05) is 146 Å². The predicted octanol–water partition coefficient (Wildman–Crippen LogP) is 14.0. The molecule has 2 nitrogen and oxygen atoms in total. The van der Waals surface area contributed by atoms with Gasteiger partial charge in [0.2, 0.25) is 0 Å². The van der Waals surface area contributed by atoms with Gasteiger partial charge in [0.15, 0.2) is 5.82 Å². The summed E-state index contributed by atoms with van der Waals surface area (Å²) in [5.41, 5.74) is 11.8. The monoisotopic (exact) mass is 692 g/mol. The minimum absolute atomic E-state index is 0.700. The van der Waals surface area contributed by atoms with Crippen molar-refractivity contribution in [3.05, 3.63) is 194 Å². The fourth-order valence-corrected chi connectivity index (χ4v) is 8.51. The van der Waals surface area contributed by atoms with E-state index in [-0.39, 0.29) is 0 Å². The van der Waals surface area contributed by atoms with Gasteiger partial charge in [-0.15, -0.1) is 11.3 Å². The molecule has 8 aromatic carbocycles. The van der Waals surface area contributed by atoms with E-state index in [0.29, 0.717) is 5.82 Å². The molecule has 0 aliphatic carbocycles. The van der Waals surface area contributed by atoms with Crippen molar-refractivity contribution < 1.29 is 0 Å². The van der Waals surface area contributed by atoms with E-state index in [1.54, 1.807) is 0 Å². The topological polar surface area (TPSA) is 25.8 Å². The molecule has 0 spiro atoms. The van der Waals surface area contributed by atoms with E-state index in [1.165, 1.54) is 47.6 Å². The van der Waals surface area contributed by atoms with Gasteiger partial charge >= 0.3 is 0 Å². The fraction of sp³-hybridized carbons (Fsp3) is 0. The summed E-state index contributed by atoms with van der Waals surface area (Å²) in [7, 11) is 0. The SMILES string of the molecule is c1ccc(-c2cccc(-c3cc(-c4cc(-c5ccc6sc7ccccc7c6c5)cc(-c5cccc6ccccc56)c4)nc(-c4ccccc4)n3)c2)cc1. The lowest BCUT2D eigenvalue weighted by atomic mass is 9.91. The van der Waals surface area contributed by atoms with E-state index in [9.17, 15) is 0 Å². The van der Waals surface area contributed by atoms with Crippen molar-refractivity contribution in [2.75, 3.05) is 0 Å². The van der Waals surface area contributed by atoms with Crippen LogP contribution in [-0.2, 0) is 0 Å². The van der Waals surface area contributed by atoms with Gasteiger partial charge in [0.05, 0.1) is 11.4 Å². The minimum Gasteiger partial charge on any atom is -0.228 e. The molecule has 10 aromatic rings. The van der Waals surface area contributed by atoms with Crippen molar-refractivity contribution in [2.24, 2.45) is 0 Å². The summed E-state index contributed by atoms with van der Waals surface area (Å²) in [6.45, 7) is 0. The summed E-state index contributed by atoms with van der Waals surface area (Å²) in [4.78, 5) is 10.5. The molecule has 248 valence electrons. The van der Waals surface area contributed by atoms with E-state index in [1.807, 2.05) is 29.5 Å². The molecule has 0 amide bonds. The highest BCUT2D eigenvalue weighted by atomic mass is 32.1. The smallest absolute Gasteiger partial charge is 0.160 e. The Morgan fingerprint density at radius 3 is 1.72 bits per heavy atom. The molecule has 2 aromatic heterocycles. The first-order valence-electron chi connectivity index (χ1n) is 17.9. The number of hydrogen-bond acceptors (Lipinski definition) is 3. The van der Waals surface area contributed by atoms with Gasteiger partial charge in [-0.05, 0) is 92.7 Å². The van der Waals surface area contributed by atoms with Gasteiger partial charge in [0.1, 0.15) is 0 Å². The standard InChI is InChI=1S/C50H32N2S/c1-3-13-33(14-4-1)36-19-11-20-38(27-36)46-32-47(52-50(51-46)35-16-5-2-6-17-35)41-29-39(28-40(30-41)43-23-12-18-34-15-7-8-21-42(34)43)37-25-26-49-45(31-37)44-22-9-10-24-48(44)53-49/h1-32H. The van der Waals surface area contributed by atoms with Crippen LogP contribution in [0.3, 0.4) is 0 Å². The first kappa shape index (κ1) is 31.1. The molecule has 0 saturated heterocycles. The summed E-state index contributed by atoms with van der Waals surface area (Å²) < 4.78 is 2.61. The van der Waals surface area contributed by atoms with Crippen LogP contribution < -0.4 is 0 Å². The zero-order valence-corrected chi connectivity index (χ0v) is 29.6.